The molecule has 1 amide bonds. The summed E-state index contributed by atoms with van der Waals surface area (Å²) in [5.41, 5.74) is 7.38. The molecule has 0 bridgehead atoms. The zero-order chi connectivity index (χ0) is 35.9. The fourth-order valence-electron chi connectivity index (χ4n) is 7.04. The van der Waals surface area contributed by atoms with Crippen molar-refractivity contribution in [1.82, 2.24) is 24.3 Å². The van der Waals surface area contributed by atoms with Gasteiger partial charge in [0.25, 0.3) is 5.91 Å². The first-order valence-corrected chi connectivity index (χ1v) is 17.7. The molecule has 0 saturated carbocycles. The van der Waals surface area contributed by atoms with Crippen LogP contribution >= 0.6 is 0 Å². The second kappa shape index (κ2) is 16.3. The zero-order valence-corrected chi connectivity index (χ0v) is 30.7. The minimum Gasteiger partial charge on any atom is -0.493 e. The van der Waals surface area contributed by atoms with Crippen molar-refractivity contribution in [1.29, 1.82) is 0 Å². The zero-order valence-electron chi connectivity index (χ0n) is 30.7. The molecule has 51 heavy (non-hydrogen) atoms. The number of imidazole rings is 1. The maximum absolute atomic E-state index is 13.8. The van der Waals surface area contributed by atoms with Crippen molar-refractivity contribution < 1.29 is 19.0 Å². The van der Waals surface area contributed by atoms with E-state index < -0.39 is 0 Å². The van der Waals surface area contributed by atoms with Crippen LogP contribution in [0.15, 0.2) is 79.0 Å². The van der Waals surface area contributed by atoms with Gasteiger partial charge in [-0.05, 0) is 92.7 Å². The number of pyridine rings is 1. The van der Waals surface area contributed by atoms with Gasteiger partial charge in [0.15, 0.2) is 11.5 Å². The van der Waals surface area contributed by atoms with Crippen molar-refractivity contribution >= 4 is 22.9 Å². The Balaban J connectivity index is 1.11. The number of carbonyl (C=O) groups excluding carboxylic acids is 1. The molecule has 10 nitrogen and oxygen atoms in total. The first kappa shape index (κ1) is 35.7. The fraction of sp³-hybridized carbons (Fsp3) is 0.390. The lowest BCUT2D eigenvalue weighted by Gasteiger charge is -2.34. The Bertz CT molecular complexity index is 1910. The van der Waals surface area contributed by atoms with Crippen LogP contribution in [0, 0.1) is 13.8 Å². The highest BCUT2D eigenvalue weighted by Crippen LogP contribution is 2.38. The van der Waals surface area contributed by atoms with Crippen LogP contribution in [0.4, 0.5) is 5.95 Å². The summed E-state index contributed by atoms with van der Waals surface area (Å²) in [7, 11) is 6.55. The number of amides is 1. The molecule has 3 aromatic carbocycles. The molecule has 10 heteroatoms. The molecule has 3 heterocycles. The summed E-state index contributed by atoms with van der Waals surface area (Å²) < 4.78 is 18.8. The molecule has 2 aromatic heterocycles. The number of nitrogens with zero attached hydrogens (tertiary/aromatic N) is 5. The van der Waals surface area contributed by atoms with Gasteiger partial charge in [0.2, 0.25) is 11.7 Å². The van der Waals surface area contributed by atoms with Gasteiger partial charge in [-0.15, -0.1) is 0 Å². The maximum atomic E-state index is 13.8. The summed E-state index contributed by atoms with van der Waals surface area (Å²) in [5, 5.41) is 3.79. The van der Waals surface area contributed by atoms with Crippen molar-refractivity contribution in [2.24, 2.45) is 0 Å². The van der Waals surface area contributed by atoms with Gasteiger partial charge in [-0.1, -0.05) is 36.4 Å². The SMILES string of the molecule is COc1cc(C(=O)N(C)CC(CCN2CCC(Nc3nc4ccccc4n3Cc3ccccn3)CC2)c2ccc(C)c(C)c2)cc(OC)c1OC. The highest BCUT2D eigenvalue weighted by Gasteiger charge is 2.25. The third-order valence-electron chi connectivity index (χ3n) is 10.2. The van der Waals surface area contributed by atoms with Gasteiger partial charge in [-0.25, -0.2) is 4.98 Å². The molecule has 1 aliphatic heterocycles. The number of fused-ring (bicyclic) bond motifs is 1. The van der Waals surface area contributed by atoms with Crippen LogP contribution < -0.4 is 19.5 Å². The Kier molecular flexibility index (Phi) is 11.4. The topological polar surface area (TPSA) is 94.0 Å². The number of anilines is 1. The van der Waals surface area contributed by atoms with Crippen LogP contribution in [0.1, 0.15) is 57.9 Å². The largest absolute Gasteiger partial charge is 0.493 e. The van der Waals surface area contributed by atoms with E-state index in [9.17, 15) is 4.79 Å². The molecular weight excluding hydrogens is 640 g/mol. The number of likely N-dealkylation sites (tertiary alicyclic amines) is 1. The molecule has 1 saturated heterocycles. The summed E-state index contributed by atoms with van der Waals surface area (Å²) in [6.45, 7) is 8.50. The molecule has 5 aromatic rings. The van der Waals surface area contributed by atoms with Crippen molar-refractivity contribution in [2.45, 2.75) is 51.6 Å². The highest BCUT2D eigenvalue weighted by molar-refractivity contribution is 5.95. The Morgan fingerprint density at radius 1 is 0.922 bits per heavy atom. The number of methoxy groups -OCH3 is 3. The number of piperidine rings is 1. The molecule has 268 valence electrons. The lowest BCUT2D eigenvalue weighted by atomic mass is 9.91. The standard InChI is InChI=1S/C41H50N6O4/c1-28-14-15-30(23-29(28)2)31(26-45(3)40(48)32-24-37(49-4)39(51-6)38(25-32)50-5)16-20-46-21-17-33(18-22-46)43-41-44-35-12-7-8-13-36(35)47(41)27-34-11-9-10-19-42-34/h7-15,19,23-25,31,33H,16-18,20-22,26-27H2,1-6H3,(H,43,44). The third kappa shape index (κ3) is 8.28. The lowest BCUT2D eigenvalue weighted by Crippen LogP contribution is -2.40. The van der Waals surface area contributed by atoms with E-state index in [-0.39, 0.29) is 11.8 Å². The first-order chi connectivity index (χ1) is 24.8. The number of hydrogen-bond acceptors (Lipinski definition) is 8. The van der Waals surface area contributed by atoms with Crippen LogP contribution in [0.5, 0.6) is 17.2 Å². The van der Waals surface area contributed by atoms with Crippen LogP contribution in [0.25, 0.3) is 11.0 Å². The molecule has 1 atom stereocenters. The Hall–Kier alpha value is -5.09. The highest BCUT2D eigenvalue weighted by atomic mass is 16.5. The number of benzene rings is 3. The Morgan fingerprint density at radius 3 is 2.31 bits per heavy atom. The number of aryl methyl sites for hydroxylation is 2. The van der Waals surface area contributed by atoms with E-state index in [0.29, 0.717) is 41.9 Å². The number of hydrogen-bond donors (Lipinski definition) is 1. The van der Waals surface area contributed by atoms with Gasteiger partial charge in [-0.3, -0.25) is 9.78 Å². The van der Waals surface area contributed by atoms with Gasteiger partial charge < -0.3 is 33.9 Å². The van der Waals surface area contributed by atoms with Crippen molar-refractivity contribution in [2.75, 3.05) is 59.9 Å². The van der Waals surface area contributed by atoms with Gasteiger partial charge in [0.1, 0.15) is 0 Å². The predicted octanol–water partition coefficient (Wildman–Crippen LogP) is 6.94. The van der Waals surface area contributed by atoms with Crippen LogP contribution in [-0.4, -0.2) is 90.8 Å². The molecular formula is C41H50N6O4. The molecule has 0 aliphatic carbocycles. The predicted molar refractivity (Wildman–Crippen MR) is 202 cm³/mol. The number of aromatic nitrogens is 3. The summed E-state index contributed by atoms with van der Waals surface area (Å²) in [4.78, 5) is 27.7. The molecule has 6 rings (SSSR count). The summed E-state index contributed by atoms with van der Waals surface area (Å²) in [5.74, 6) is 2.36. The van der Waals surface area contributed by atoms with Crippen molar-refractivity contribution in [3.8, 4) is 17.2 Å². The van der Waals surface area contributed by atoms with Gasteiger partial charge in [0.05, 0.1) is 44.6 Å². The number of nitrogens with one attached hydrogen (secondary N) is 1. The number of rotatable bonds is 14. The first-order valence-electron chi connectivity index (χ1n) is 17.7. The van der Waals surface area contributed by atoms with Crippen molar-refractivity contribution in [3.63, 3.8) is 0 Å². The van der Waals surface area contributed by atoms with Crippen LogP contribution in [0.3, 0.4) is 0 Å². The molecule has 1 aliphatic rings. The number of para-hydroxylation sites is 2. The number of ether oxygens (including phenoxy) is 3. The van der Waals surface area contributed by atoms with E-state index in [2.05, 4.69) is 76.1 Å². The molecule has 0 spiro atoms. The number of likely N-dealkylation sites (N-methyl/N-ethyl adjacent to an activating group) is 1. The van der Waals surface area contributed by atoms with E-state index in [4.69, 9.17) is 19.2 Å². The molecule has 1 unspecified atom stereocenters. The average Bonchev–Trinajstić information content (AvgIpc) is 3.50. The molecule has 1 fully saturated rings. The van der Waals surface area contributed by atoms with Crippen LogP contribution in [0.2, 0.25) is 0 Å². The van der Waals surface area contributed by atoms with E-state index in [0.717, 1.165) is 61.6 Å². The monoisotopic (exact) mass is 690 g/mol. The summed E-state index contributed by atoms with van der Waals surface area (Å²) in [6.07, 6.45) is 4.84. The van der Waals surface area contributed by atoms with E-state index in [1.165, 1.54) is 16.7 Å². The second-order valence-corrected chi connectivity index (χ2v) is 13.5. The molecule has 0 radical (unpaired) electrons. The smallest absolute Gasteiger partial charge is 0.253 e. The summed E-state index contributed by atoms with van der Waals surface area (Å²) >= 11 is 0. The minimum atomic E-state index is -0.0935. The van der Waals surface area contributed by atoms with Crippen molar-refractivity contribution in [3.05, 3.63) is 107 Å². The normalized spacial score (nSPS) is 14.3. The fourth-order valence-corrected chi connectivity index (χ4v) is 7.04. The second-order valence-electron chi connectivity index (χ2n) is 13.5. The third-order valence-corrected chi connectivity index (χ3v) is 10.2. The minimum absolute atomic E-state index is 0.0935. The van der Waals surface area contributed by atoms with E-state index >= 15 is 0 Å². The lowest BCUT2D eigenvalue weighted by molar-refractivity contribution is 0.0781. The Morgan fingerprint density at radius 2 is 1.65 bits per heavy atom. The summed E-state index contributed by atoms with van der Waals surface area (Å²) in [6, 6.07) is 24.8. The van der Waals surface area contributed by atoms with E-state index in [1.54, 1.807) is 33.5 Å². The quantitative estimate of drug-likeness (QED) is 0.134. The van der Waals surface area contributed by atoms with Gasteiger partial charge in [-0.2, -0.15) is 0 Å². The Labute approximate surface area is 301 Å². The molecule has 1 N–H and O–H groups in total. The van der Waals surface area contributed by atoms with Gasteiger partial charge >= 0.3 is 0 Å². The average molecular weight is 691 g/mol. The van der Waals surface area contributed by atoms with Gasteiger partial charge in [0, 0.05) is 50.4 Å². The van der Waals surface area contributed by atoms with Crippen LogP contribution in [-0.2, 0) is 6.54 Å². The maximum Gasteiger partial charge on any atom is 0.253 e. The number of carbonyl (C=O) groups is 1. The van der Waals surface area contributed by atoms with E-state index in [1.807, 2.05) is 36.3 Å².